The maximum Gasteiger partial charge on any atom is 0.269 e. The zero-order valence-electron chi connectivity index (χ0n) is 15.3. The molecule has 11 heteroatoms. The van der Waals surface area contributed by atoms with Crippen LogP contribution in [0.25, 0.3) is 23.2 Å². The Balaban J connectivity index is 2.04. The van der Waals surface area contributed by atoms with Gasteiger partial charge in [0.15, 0.2) is 5.65 Å². The van der Waals surface area contributed by atoms with Crippen molar-refractivity contribution in [2.45, 2.75) is 4.90 Å². The van der Waals surface area contributed by atoms with Crippen LogP contribution in [0.15, 0.2) is 65.8 Å². The van der Waals surface area contributed by atoms with Gasteiger partial charge >= 0.3 is 0 Å². The van der Waals surface area contributed by atoms with Crippen molar-refractivity contribution in [3.8, 4) is 0 Å². The van der Waals surface area contributed by atoms with Crippen molar-refractivity contribution in [1.82, 2.24) is 19.9 Å². The molecule has 0 bridgehead atoms. The first-order valence-electron chi connectivity index (χ1n) is 8.43. The van der Waals surface area contributed by atoms with E-state index in [0.29, 0.717) is 10.9 Å². The lowest BCUT2D eigenvalue weighted by Crippen LogP contribution is -2.15. The first-order valence-corrected chi connectivity index (χ1v) is 9.87. The van der Waals surface area contributed by atoms with Gasteiger partial charge in [-0.25, -0.2) is 28.3 Å². The number of hydrogen-bond acceptors (Lipinski definition) is 7. The molecule has 0 spiro atoms. The highest BCUT2D eigenvalue weighted by Gasteiger charge is 2.22. The topological polar surface area (TPSA) is 151 Å². The molecule has 1 aromatic carbocycles. The van der Waals surface area contributed by atoms with Gasteiger partial charge in [0.1, 0.15) is 0 Å². The number of rotatable bonds is 6. The van der Waals surface area contributed by atoms with Crippen molar-refractivity contribution in [1.29, 1.82) is 0 Å². The second kappa shape index (κ2) is 8.69. The van der Waals surface area contributed by atoms with Crippen molar-refractivity contribution in [2.75, 3.05) is 0 Å². The van der Waals surface area contributed by atoms with Crippen LogP contribution in [0.5, 0.6) is 0 Å². The third-order valence-corrected chi connectivity index (χ3v) is 5.77. The zero-order chi connectivity index (χ0) is 21.7. The van der Waals surface area contributed by atoms with E-state index in [-0.39, 0.29) is 16.1 Å². The molecule has 10 nitrogen and oxygen atoms in total. The van der Waals surface area contributed by atoms with Crippen LogP contribution in [0.3, 0.4) is 0 Å². The number of fused-ring (bicyclic) bond motifs is 1. The molecule has 4 N–H and O–H groups in total. The summed E-state index contributed by atoms with van der Waals surface area (Å²) in [5.74, 6) is -1.51. The number of aromatic nitrogens is 2. The Labute approximate surface area is 170 Å². The molecule has 2 amide bonds. The van der Waals surface area contributed by atoms with Crippen LogP contribution in [-0.2, 0) is 19.6 Å². The highest BCUT2D eigenvalue weighted by molar-refractivity contribution is 7.90. The second-order valence-electron chi connectivity index (χ2n) is 5.95. The lowest BCUT2D eigenvalue weighted by Gasteiger charge is -2.10. The Kier molecular flexibility index (Phi) is 6.06. The summed E-state index contributed by atoms with van der Waals surface area (Å²) in [6.45, 7) is 0. The fourth-order valence-electron chi connectivity index (χ4n) is 2.67. The van der Waals surface area contributed by atoms with Gasteiger partial charge in [0.2, 0.25) is 0 Å². The summed E-state index contributed by atoms with van der Waals surface area (Å²) in [6, 6.07) is 9.26. The molecule has 0 saturated heterocycles. The monoisotopic (exact) mass is 428 g/mol. The van der Waals surface area contributed by atoms with Gasteiger partial charge in [-0.15, -0.1) is 0 Å². The zero-order valence-corrected chi connectivity index (χ0v) is 16.1. The van der Waals surface area contributed by atoms with Crippen molar-refractivity contribution in [3.63, 3.8) is 0 Å². The van der Waals surface area contributed by atoms with E-state index >= 15 is 0 Å². The van der Waals surface area contributed by atoms with Crippen molar-refractivity contribution in [2.24, 2.45) is 0 Å². The molecular formula is C19H16N4O6S. The van der Waals surface area contributed by atoms with Crippen molar-refractivity contribution >= 4 is 45.0 Å². The Morgan fingerprint density at radius 3 is 2.37 bits per heavy atom. The Morgan fingerprint density at radius 1 is 1.00 bits per heavy atom. The predicted molar refractivity (Wildman–Crippen MR) is 107 cm³/mol. The lowest BCUT2D eigenvalue weighted by atomic mass is 10.2. The number of hydroxylamine groups is 2. The first-order chi connectivity index (χ1) is 14.4. The predicted octanol–water partition coefficient (Wildman–Crippen LogP) is 1.31. The third kappa shape index (κ3) is 4.27. The quantitative estimate of drug-likeness (QED) is 0.262. The van der Waals surface area contributed by atoms with Gasteiger partial charge in [0, 0.05) is 29.9 Å². The van der Waals surface area contributed by atoms with E-state index in [1.54, 1.807) is 24.3 Å². The summed E-state index contributed by atoms with van der Waals surface area (Å²) in [5.41, 5.74) is 3.85. The van der Waals surface area contributed by atoms with Crippen molar-refractivity contribution in [3.05, 3.63) is 72.1 Å². The molecule has 2 heterocycles. The van der Waals surface area contributed by atoms with Gasteiger partial charge in [-0.05, 0) is 41.5 Å². The third-order valence-electron chi connectivity index (χ3n) is 4.03. The van der Waals surface area contributed by atoms with Crippen LogP contribution < -0.4 is 11.0 Å². The number of hydrogen-bond donors (Lipinski definition) is 4. The fourth-order valence-corrected chi connectivity index (χ4v) is 4.17. The fraction of sp³-hybridized carbons (Fsp3) is 0. The lowest BCUT2D eigenvalue weighted by molar-refractivity contribution is -0.124. The Morgan fingerprint density at radius 2 is 1.67 bits per heavy atom. The van der Waals surface area contributed by atoms with Crippen LogP contribution >= 0.6 is 0 Å². The van der Waals surface area contributed by atoms with E-state index < -0.39 is 21.8 Å². The number of nitrogens with zero attached hydrogens (tertiary/aromatic N) is 2. The van der Waals surface area contributed by atoms with E-state index in [1.165, 1.54) is 47.6 Å². The Hall–Kier alpha value is -3.80. The standard InChI is InChI=1S/C19H16N4O6S/c24-17(21-26)7-5-13-11-15-9-10-23(19(15)20-12-13)30(28,29)16-4-2-1-3-14(16)6-8-18(25)22-27/h1-12,26-27H,(H,21,24)(H,22,25). The molecule has 30 heavy (non-hydrogen) atoms. The maximum absolute atomic E-state index is 13.2. The van der Waals surface area contributed by atoms with E-state index in [1.807, 2.05) is 0 Å². The number of carbonyl (C=O) groups is 2. The molecule has 0 saturated carbocycles. The molecular weight excluding hydrogens is 412 g/mol. The number of carbonyl (C=O) groups excluding carboxylic acids is 2. The summed E-state index contributed by atoms with van der Waals surface area (Å²) in [7, 11) is -4.06. The summed E-state index contributed by atoms with van der Waals surface area (Å²) in [5, 5.41) is 17.6. The highest BCUT2D eigenvalue weighted by Crippen LogP contribution is 2.25. The van der Waals surface area contributed by atoms with Crippen LogP contribution in [0.4, 0.5) is 0 Å². The molecule has 0 unspecified atom stereocenters. The molecule has 154 valence electrons. The SMILES string of the molecule is O=C(C=Cc1cnc2c(ccn2S(=O)(=O)c2ccccc2C=CC(=O)NO)c1)NO. The number of amides is 2. The highest BCUT2D eigenvalue weighted by atomic mass is 32.2. The minimum absolute atomic E-state index is 0.0603. The first kappa shape index (κ1) is 20.9. The summed E-state index contributed by atoms with van der Waals surface area (Å²) in [6.07, 6.45) is 7.51. The minimum atomic E-state index is -4.06. The van der Waals surface area contributed by atoms with Gasteiger partial charge < -0.3 is 0 Å². The molecule has 0 aliphatic rings. The Bertz CT molecular complexity index is 1280. The van der Waals surface area contributed by atoms with Gasteiger partial charge in [-0.1, -0.05) is 18.2 Å². The summed E-state index contributed by atoms with van der Waals surface area (Å²) < 4.78 is 27.5. The van der Waals surface area contributed by atoms with E-state index in [9.17, 15) is 18.0 Å². The molecule has 3 aromatic rings. The van der Waals surface area contributed by atoms with Crippen LogP contribution in [0.2, 0.25) is 0 Å². The van der Waals surface area contributed by atoms with Gasteiger partial charge in [-0.2, -0.15) is 0 Å². The smallest absolute Gasteiger partial charge is 0.269 e. The molecule has 3 rings (SSSR count). The molecule has 0 aliphatic carbocycles. The molecule has 0 aliphatic heterocycles. The summed E-state index contributed by atoms with van der Waals surface area (Å²) >= 11 is 0. The molecule has 2 aromatic heterocycles. The minimum Gasteiger partial charge on any atom is -0.288 e. The average molecular weight is 428 g/mol. The normalized spacial score (nSPS) is 11.9. The van der Waals surface area contributed by atoms with E-state index in [4.69, 9.17) is 10.4 Å². The van der Waals surface area contributed by atoms with Crippen LogP contribution in [-0.4, -0.2) is 39.6 Å². The van der Waals surface area contributed by atoms with Crippen LogP contribution in [0.1, 0.15) is 11.1 Å². The van der Waals surface area contributed by atoms with E-state index in [2.05, 4.69) is 4.98 Å². The number of nitrogens with one attached hydrogen (secondary N) is 2. The largest absolute Gasteiger partial charge is 0.288 e. The average Bonchev–Trinajstić information content (AvgIpc) is 3.20. The van der Waals surface area contributed by atoms with Gasteiger partial charge in [0.05, 0.1) is 4.90 Å². The maximum atomic E-state index is 13.2. The van der Waals surface area contributed by atoms with Gasteiger partial charge in [0.25, 0.3) is 21.8 Å². The summed E-state index contributed by atoms with van der Waals surface area (Å²) in [4.78, 5) is 26.4. The van der Waals surface area contributed by atoms with Crippen molar-refractivity contribution < 1.29 is 28.4 Å². The number of pyridine rings is 1. The van der Waals surface area contributed by atoms with Gasteiger partial charge in [-0.3, -0.25) is 20.0 Å². The molecule has 0 atom stereocenters. The van der Waals surface area contributed by atoms with E-state index in [0.717, 1.165) is 16.1 Å². The number of benzene rings is 1. The van der Waals surface area contributed by atoms with Crippen LogP contribution in [0, 0.1) is 0 Å². The molecule has 0 fully saturated rings. The molecule has 0 radical (unpaired) electrons. The second-order valence-corrected chi connectivity index (χ2v) is 7.74.